The molecule has 1 heterocycles. The Morgan fingerprint density at radius 1 is 1.40 bits per heavy atom. The van der Waals surface area contributed by atoms with Crippen molar-refractivity contribution in [3.8, 4) is 0 Å². The second-order valence-corrected chi connectivity index (χ2v) is 7.45. The highest BCUT2D eigenvalue weighted by molar-refractivity contribution is 7.18. The minimum Gasteiger partial charge on any atom is -0.397 e. The van der Waals surface area contributed by atoms with Gasteiger partial charge in [0.05, 0.1) is 26.6 Å². The Kier molecular flexibility index (Phi) is 3.59. The first kappa shape index (κ1) is 13.7. The summed E-state index contributed by atoms with van der Waals surface area (Å²) in [5.74, 6) is 0.725. The Bertz CT molecular complexity index is 613. The maximum absolute atomic E-state index is 6.31. The van der Waals surface area contributed by atoms with Crippen LogP contribution in [0, 0.1) is 12.8 Å². The number of nitrogens with zero attached hydrogens (tertiary/aromatic N) is 2. The lowest BCUT2D eigenvalue weighted by Crippen LogP contribution is -2.28. The van der Waals surface area contributed by atoms with Gasteiger partial charge in [0.2, 0.25) is 0 Å². The molecule has 108 valence electrons. The van der Waals surface area contributed by atoms with Gasteiger partial charge in [-0.3, -0.25) is 0 Å². The minimum absolute atomic E-state index is 0.688. The molecular formula is C16H23N3S. The van der Waals surface area contributed by atoms with Crippen molar-refractivity contribution in [3.05, 3.63) is 17.1 Å². The molecule has 0 radical (unpaired) electrons. The lowest BCUT2D eigenvalue weighted by atomic mass is 10.1. The zero-order valence-electron chi connectivity index (χ0n) is 12.5. The van der Waals surface area contributed by atoms with Crippen LogP contribution in [0.3, 0.4) is 0 Å². The van der Waals surface area contributed by atoms with E-state index in [1.165, 1.54) is 29.6 Å². The molecule has 0 amide bonds. The summed E-state index contributed by atoms with van der Waals surface area (Å²) >= 11 is 1.72. The van der Waals surface area contributed by atoms with Gasteiger partial charge in [-0.25, -0.2) is 4.98 Å². The molecule has 1 fully saturated rings. The largest absolute Gasteiger partial charge is 0.397 e. The lowest BCUT2D eigenvalue weighted by molar-refractivity contribution is 0.571. The smallest absolute Gasteiger partial charge is 0.0907 e. The van der Waals surface area contributed by atoms with Crippen molar-refractivity contribution in [3.63, 3.8) is 0 Å². The molecule has 0 aliphatic heterocycles. The number of fused-ring (bicyclic) bond motifs is 1. The van der Waals surface area contributed by atoms with E-state index in [1.54, 1.807) is 11.3 Å². The third-order valence-corrected chi connectivity index (χ3v) is 4.82. The standard InChI is InChI=1S/C16H23N3S/c1-10(2)6-7-19(12-4-5-12)15-9-14-16(8-13(15)17)20-11(3)18-14/h8-10,12H,4-7,17H2,1-3H3. The molecule has 20 heavy (non-hydrogen) atoms. The van der Waals surface area contributed by atoms with Gasteiger partial charge in [0.1, 0.15) is 0 Å². The molecule has 4 heteroatoms. The first-order chi connectivity index (χ1) is 9.54. The lowest BCUT2D eigenvalue weighted by Gasteiger charge is -2.27. The maximum atomic E-state index is 6.31. The van der Waals surface area contributed by atoms with Gasteiger partial charge in [-0.2, -0.15) is 0 Å². The maximum Gasteiger partial charge on any atom is 0.0907 e. The number of thiazole rings is 1. The van der Waals surface area contributed by atoms with Crippen LogP contribution in [0.2, 0.25) is 0 Å². The molecule has 0 spiro atoms. The van der Waals surface area contributed by atoms with Gasteiger partial charge >= 0.3 is 0 Å². The summed E-state index contributed by atoms with van der Waals surface area (Å²) in [4.78, 5) is 7.11. The van der Waals surface area contributed by atoms with E-state index in [-0.39, 0.29) is 0 Å². The number of anilines is 2. The van der Waals surface area contributed by atoms with Crippen LogP contribution in [-0.2, 0) is 0 Å². The first-order valence-corrected chi connectivity index (χ1v) is 8.29. The van der Waals surface area contributed by atoms with Crippen molar-refractivity contribution in [2.75, 3.05) is 17.2 Å². The molecule has 0 saturated heterocycles. The molecule has 2 aromatic rings. The van der Waals surface area contributed by atoms with E-state index < -0.39 is 0 Å². The molecule has 3 nitrogen and oxygen atoms in total. The van der Waals surface area contributed by atoms with Crippen molar-refractivity contribution in [2.45, 2.75) is 46.1 Å². The Morgan fingerprint density at radius 3 is 2.80 bits per heavy atom. The highest BCUT2D eigenvalue weighted by Gasteiger charge is 2.30. The Hall–Kier alpha value is -1.29. The molecular weight excluding hydrogens is 266 g/mol. The van der Waals surface area contributed by atoms with E-state index in [0.717, 1.165) is 28.7 Å². The average Bonchev–Trinajstić information content (AvgIpc) is 3.12. The van der Waals surface area contributed by atoms with Crippen molar-refractivity contribution in [1.82, 2.24) is 4.98 Å². The topological polar surface area (TPSA) is 42.2 Å². The van der Waals surface area contributed by atoms with Crippen LogP contribution >= 0.6 is 11.3 Å². The zero-order valence-corrected chi connectivity index (χ0v) is 13.3. The molecule has 0 atom stereocenters. The summed E-state index contributed by atoms with van der Waals surface area (Å²) in [6, 6.07) is 4.97. The SMILES string of the molecule is Cc1nc2cc(N(CCC(C)C)C3CC3)c(N)cc2s1. The van der Waals surface area contributed by atoms with Gasteiger partial charge in [-0.15, -0.1) is 11.3 Å². The molecule has 1 aromatic heterocycles. The van der Waals surface area contributed by atoms with Gasteiger partial charge in [0.15, 0.2) is 0 Å². The zero-order chi connectivity index (χ0) is 14.3. The number of nitrogens with two attached hydrogens (primary N) is 1. The number of benzene rings is 1. The van der Waals surface area contributed by atoms with Crippen LogP contribution < -0.4 is 10.6 Å². The van der Waals surface area contributed by atoms with Crippen molar-refractivity contribution < 1.29 is 0 Å². The molecule has 0 bridgehead atoms. The second-order valence-electron chi connectivity index (χ2n) is 6.22. The number of nitrogen functional groups attached to an aromatic ring is 1. The summed E-state index contributed by atoms with van der Waals surface area (Å²) in [5, 5.41) is 1.11. The molecule has 1 aliphatic carbocycles. The highest BCUT2D eigenvalue weighted by Crippen LogP contribution is 2.38. The van der Waals surface area contributed by atoms with E-state index in [0.29, 0.717) is 6.04 Å². The van der Waals surface area contributed by atoms with Gasteiger partial charge in [0.25, 0.3) is 0 Å². The Morgan fingerprint density at radius 2 is 2.15 bits per heavy atom. The van der Waals surface area contributed by atoms with Gasteiger partial charge in [-0.05, 0) is 44.2 Å². The first-order valence-electron chi connectivity index (χ1n) is 7.48. The molecule has 2 N–H and O–H groups in total. The normalized spacial score (nSPS) is 15.2. The Labute approximate surface area is 124 Å². The fourth-order valence-electron chi connectivity index (χ4n) is 2.63. The van der Waals surface area contributed by atoms with Crippen LogP contribution in [0.5, 0.6) is 0 Å². The second kappa shape index (κ2) is 5.24. The third kappa shape index (κ3) is 2.75. The summed E-state index contributed by atoms with van der Waals surface area (Å²) in [6.07, 6.45) is 3.81. The summed E-state index contributed by atoms with van der Waals surface area (Å²) in [7, 11) is 0. The fourth-order valence-corrected chi connectivity index (χ4v) is 3.48. The monoisotopic (exact) mass is 289 g/mol. The van der Waals surface area contributed by atoms with Crippen molar-refractivity contribution >= 4 is 32.9 Å². The van der Waals surface area contributed by atoms with Crippen molar-refractivity contribution in [1.29, 1.82) is 0 Å². The number of aromatic nitrogens is 1. The quantitative estimate of drug-likeness (QED) is 0.839. The van der Waals surface area contributed by atoms with Crippen LogP contribution in [0.1, 0.15) is 38.1 Å². The van der Waals surface area contributed by atoms with Crippen LogP contribution in [0.25, 0.3) is 10.2 Å². The van der Waals surface area contributed by atoms with Crippen molar-refractivity contribution in [2.24, 2.45) is 5.92 Å². The number of rotatable bonds is 5. The Balaban J connectivity index is 1.94. The van der Waals surface area contributed by atoms with E-state index >= 15 is 0 Å². The summed E-state index contributed by atoms with van der Waals surface area (Å²) < 4.78 is 1.20. The molecule has 3 rings (SSSR count). The molecule has 1 aliphatic rings. The minimum atomic E-state index is 0.688. The van der Waals surface area contributed by atoms with Gasteiger partial charge < -0.3 is 10.6 Å². The number of hydrogen-bond donors (Lipinski definition) is 1. The third-order valence-electron chi connectivity index (χ3n) is 3.89. The number of hydrogen-bond acceptors (Lipinski definition) is 4. The van der Waals surface area contributed by atoms with Crippen LogP contribution in [-0.4, -0.2) is 17.6 Å². The predicted molar refractivity (Wildman–Crippen MR) is 88.6 cm³/mol. The fraction of sp³-hybridized carbons (Fsp3) is 0.562. The molecule has 0 unspecified atom stereocenters. The average molecular weight is 289 g/mol. The predicted octanol–water partition coefficient (Wildman–Crippen LogP) is 4.20. The number of aryl methyl sites for hydroxylation is 1. The van der Waals surface area contributed by atoms with E-state index in [4.69, 9.17) is 5.73 Å². The van der Waals surface area contributed by atoms with E-state index in [2.05, 4.69) is 42.8 Å². The molecule has 1 saturated carbocycles. The highest BCUT2D eigenvalue weighted by atomic mass is 32.1. The summed E-state index contributed by atoms with van der Waals surface area (Å²) in [6.45, 7) is 7.71. The van der Waals surface area contributed by atoms with Gasteiger partial charge in [-0.1, -0.05) is 13.8 Å². The van der Waals surface area contributed by atoms with E-state index in [1.807, 2.05) is 0 Å². The molecule has 1 aromatic carbocycles. The van der Waals surface area contributed by atoms with Crippen LogP contribution in [0.4, 0.5) is 11.4 Å². The van der Waals surface area contributed by atoms with E-state index in [9.17, 15) is 0 Å². The van der Waals surface area contributed by atoms with Gasteiger partial charge in [0, 0.05) is 12.6 Å². The summed E-state index contributed by atoms with van der Waals surface area (Å²) in [5.41, 5.74) is 9.48. The van der Waals surface area contributed by atoms with Crippen LogP contribution in [0.15, 0.2) is 12.1 Å².